The summed E-state index contributed by atoms with van der Waals surface area (Å²) in [7, 11) is 0. The van der Waals surface area contributed by atoms with Gasteiger partial charge in [-0.05, 0) is 18.9 Å². The lowest BCUT2D eigenvalue weighted by atomic mass is 10.1. The van der Waals surface area contributed by atoms with Crippen molar-refractivity contribution in [2.24, 2.45) is 0 Å². The molecule has 2 heterocycles. The number of pyridine rings is 1. The first-order valence-corrected chi connectivity index (χ1v) is 4.66. The molecule has 3 nitrogen and oxygen atoms in total. The summed E-state index contributed by atoms with van der Waals surface area (Å²) >= 11 is 0. The van der Waals surface area contributed by atoms with Crippen molar-refractivity contribution < 1.29 is 4.74 Å². The van der Waals surface area contributed by atoms with E-state index in [1.54, 1.807) is 6.20 Å². The summed E-state index contributed by atoms with van der Waals surface area (Å²) in [6.07, 6.45) is 4.11. The highest BCUT2D eigenvalue weighted by Gasteiger charge is 2.14. The van der Waals surface area contributed by atoms with Gasteiger partial charge in [-0.15, -0.1) is 0 Å². The molecule has 1 saturated heterocycles. The van der Waals surface area contributed by atoms with Gasteiger partial charge in [0.1, 0.15) is 6.10 Å². The van der Waals surface area contributed by atoms with Crippen molar-refractivity contribution in [1.82, 2.24) is 10.3 Å². The topological polar surface area (TPSA) is 36.2 Å². The van der Waals surface area contributed by atoms with Crippen LogP contribution < -0.4 is 10.1 Å². The molecule has 1 fully saturated rings. The van der Waals surface area contributed by atoms with Gasteiger partial charge in [-0.25, -0.2) is 10.3 Å². The van der Waals surface area contributed by atoms with Crippen LogP contribution in [0.1, 0.15) is 12.8 Å². The van der Waals surface area contributed by atoms with Crippen LogP contribution in [0.25, 0.3) is 0 Å². The first-order chi connectivity index (χ1) is 6.45. The van der Waals surface area contributed by atoms with Crippen LogP contribution in [0.4, 0.5) is 0 Å². The largest absolute Gasteiger partial charge is 0.474 e. The van der Waals surface area contributed by atoms with E-state index < -0.39 is 0 Å². The van der Waals surface area contributed by atoms with Crippen LogP contribution in [-0.2, 0) is 0 Å². The van der Waals surface area contributed by atoms with Gasteiger partial charge in [0.2, 0.25) is 5.88 Å². The Morgan fingerprint density at radius 3 is 2.77 bits per heavy atom. The number of ether oxygens (including phenoxy) is 1. The summed E-state index contributed by atoms with van der Waals surface area (Å²) in [5.74, 6) is 0.731. The quantitative estimate of drug-likeness (QED) is 0.681. The van der Waals surface area contributed by atoms with Crippen molar-refractivity contribution in [3.8, 4) is 5.88 Å². The van der Waals surface area contributed by atoms with Crippen LogP contribution in [0, 0.1) is 0 Å². The molecule has 0 saturated carbocycles. The van der Waals surface area contributed by atoms with E-state index in [-0.39, 0.29) is 0 Å². The normalized spacial score (nSPS) is 18.5. The van der Waals surface area contributed by atoms with Gasteiger partial charge in [0.25, 0.3) is 0 Å². The van der Waals surface area contributed by atoms with Crippen molar-refractivity contribution in [3.63, 3.8) is 0 Å². The van der Waals surface area contributed by atoms with Crippen LogP contribution in [0.5, 0.6) is 5.88 Å². The molecule has 0 spiro atoms. The van der Waals surface area contributed by atoms with Crippen LogP contribution in [0.15, 0.2) is 24.4 Å². The molecule has 0 atom stereocenters. The van der Waals surface area contributed by atoms with E-state index in [4.69, 9.17) is 4.74 Å². The molecule has 0 N–H and O–H groups in total. The summed E-state index contributed by atoms with van der Waals surface area (Å²) in [4.78, 5) is 4.12. The molecular weight excluding hydrogens is 164 g/mol. The molecule has 1 radical (unpaired) electrons. The van der Waals surface area contributed by atoms with Crippen LogP contribution in [-0.4, -0.2) is 24.2 Å². The molecule has 0 amide bonds. The Labute approximate surface area is 78.1 Å². The van der Waals surface area contributed by atoms with E-state index in [0.29, 0.717) is 6.10 Å². The summed E-state index contributed by atoms with van der Waals surface area (Å²) in [6, 6.07) is 5.73. The van der Waals surface area contributed by atoms with Crippen molar-refractivity contribution in [2.45, 2.75) is 18.9 Å². The van der Waals surface area contributed by atoms with Gasteiger partial charge >= 0.3 is 0 Å². The fourth-order valence-corrected chi connectivity index (χ4v) is 1.43. The predicted molar refractivity (Wildman–Crippen MR) is 49.8 cm³/mol. The molecule has 0 aliphatic carbocycles. The SMILES string of the molecule is c1ccc(OC2CC[N]CC2)nc1. The lowest BCUT2D eigenvalue weighted by Crippen LogP contribution is -2.30. The summed E-state index contributed by atoms with van der Waals surface area (Å²) in [5, 5.41) is 4.27. The number of hydrogen-bond acceptors (Lipinski definition) is 2. The highest BCUT2D eigenvalue weighted by atomic mass is 16.5. The van der Waals surface area contributed by atoms with Crippen LogP contribution >= 0.6 is 0 Å². The zero-order chi connectivity index (χ0) is 8.93. The summed E-state index contributed by atoms with van der Waals surface area (Å²) < 4.78 is 5.68. The number of piperidine rings is 1. The standard InChI is InChI=1S/C10H13N2O/c1-2-6-12-10(3-1)13-9-4-7-11-8-5-9/h1-3,6,9H,4-5,7-8H2. The average Bonchev–Trinajstić information content (AvgIpc) is 2.21. The minimum absolute atomic E-state index is 0.312. The molecule has 3 heteroatoms. The highest BCUT2D eigenvalue weighted by molar-refractivity contribution is 5.09. The molecule has 69 valence electrons. The van der Waals surface area contributed by atoms with Gasteiger partial charge in [0, 0.05) is 25.4 Å². The Balaban J connectivity index is 1.90. The fourth-order valence-electron chi connectivity index (χ4n) is 1.43. The van der Waals surface area contributed by atoms with E-state index in [9.17, 15) is 0 Å². The lowest BCUT2D eigenvalue weighted by molar-refractivity contribution is 0.155. The van der Waals surface area contributed by atoms with E-state index in [2.05, 4.69) is 10.3 Å². The second kappa shape index (κ2) is 4.23. The molecule has 0 aromatic carbocycles. The van der Waals surface area contributed by atoms with Gasteiger partial charge in [0.15, 0.2) is 0 Å². The Hall–Kier alpha value is -1.09. The second-order valence-corrected chi connectivity index (χ2v) is 3.16. The fraction of sp³-hybridized carbons (Fsp3) is 0.500. The first-order valence-electron chi connectivity index (χ1n) is 4.66. The molecule has 1 aromatic heterocycles. The van der Waals surface area contributed by atoms with Gasteiger partial charge in [0.05, 0.1) is 0 Å². The third-order valence-corrected chi connectivity index (χ3v) is 2.14. The molecule has 1 aliphatic heterocycles. The molecule has 1 aliphatic rings. The Morgan fingerprint density at radius 1 is 1.23 bits per heavy atom. The highest BCUT2D eigenvalue weighted by Crippen LogP contribution is 2.12. The van der Waals surface area contributed by atoms with Crippen molar-refractivity contribution in [2.75, 3.05) is 13.1 Å². The molecule has 1 aromatic rings. The molecule has 13 heavy (non-hydrogen) atoms. The maximum absolute atomic E-state index is 5.68. The van der Waals surface area contributed by atoms with E-state index >= 15 is 0 Å². The molecule has 2 rings (SSSR count). The van der Waals surface area contributed by atoms with Gasteiger partial charge < -0.3 is 4.74 Å². The minimum atomic E-state index is 0.312. The van der Waals surface area contributed by atoms with Crippen molar-refractivity contribution in [1.29, 1.82) is 0 Å². The molecular formula is C10H13N2O. The maximum Gasteiger partial charge on any atom is 0.213 e. The molecule has 0 bridgehead atoms. The number of rotatable bonds is 2. The summed E-state index contributed by atoms with van der Waals surface area (Å²) in [6.45, 7) is 1.86. The van der Waals surface area contributed by atoms with Gasteiger partial charge in [-0.3, -0.25) is 0 Å². The average molecular weight is 177 g/mol. The first kappa shape index (κ1) is 8.51. The van der Waals surface area contributed by atoms with Gasteiger partial charge in [-0.1, -0.05) is 6.07 Å². The monoisotopic (exact) mass is 177 g/mol. The smallest absolute Gasteiger partial charge is 0.213 e. The predicted octanol–water partition coefficient (Wildman–Crippen LogP) is 1.23. The lowest BCUT2D eigenvalue weighted by Gasteiger charge is -2.21. The van der Waals surface area contributed by atoms with Crippen molar-refractivity contribution >= 4 is 0 Å². The van der Waals surface area contributed by atoms with E-state index in [1.165, 1.54) is 0 Å². The maximum atomic E-state index is 5.68. The zero-order valence-corrected chi connectivity index (χ0v) is 7.52. The Morgan fingerprint density at radius 2 is 2.08 bits per heavy atom. The molecule has 0 unspecified atom stereocenters. The zero-order valence-electron chi connectivity index (χ0n) is 7.52. The van der Waals surface area contributed by atoms with Crippen LogP contribution in [0.3, 0.4) is 0 Å². The second-order valence-electron chi connectivity index (χ2n) is 3.16. The minimum Gasteiger partial charge on any atom is -0.474 e. The van der Waals surface area contributed by atoms with E-state index in [1.807, 2.05) is 18.2 Å². The Bertz CT molecular complexity index is 244. The van der Waals surface area contributed by atoms with Gasteiger partial charge in [-0.2, -0.15) is 0 Å². The third kappa shape index (κ3) is 2.42. The number of hydrogen-bond donors (Lipinski definition) is 0. The van der Waals surface area contributed by atoms with Crippen LogP contribution in [0.2, 0.25) is 0 Å². The number of nitrogens with zero attached hydrogens (tertiary/aromatic N) is 2. The Kier molecular flexibility index (Phi) is 2.77. The van der Waals surface area contributed by atoms with Crippen molar-refractivity contribution in [3.05, 3.63) is 24.4 Å². The third-order valence-electron chi connectivity index (χ3n) is 2.14. The number of aromatic nitrogens is 1. The van der Waals surface area contributed by atoms with E-state index in [0.717, 1.165) is 31.8 Å². The summed E-state index contributed by atoms with van der Waals surface area (Å²) in [5.41, 5.74) is 0.